The lowest BCUT2D eigenvalue weighted by molar-refractivity contribution is -0.148. The molecule has 6 heteroatoms. The summed E-state index contributed by atoms with van der Waals surface area (Å²) in [6, 6.07) is 9.04. The summed E-state index contributed by atoms with van der Waals surface area (Å²) < 4.78 is 28.8. The van der Waals surface area contributed by atoms with Gasteiger partial charge in [-0.05, 0) is 5.56 Å². The lowest BCUT2D eigenvalue weighted by Crippen LogP contribution is -2.55. The normalized spacial score (nSPS) is 17.1. The van der Waals surface area contributed by atoms with Gasteiger partial charge in [0.05, 0.1) is 6.10 Å². The van der Waals surface area contributed by atoms with E-state index in [2.05, 4.69) is 0 Å². The number of carbonyl (C=O) groups is 1. The topological polar surface area (TPSA) is 55.6 Å². The third-order valence-electron chi connectivity index (χ3n) is 3.28. The van der Waals surface area contributed by atoms with E-state index in [0.29, 0.717) is 13.1 Å². The predicted molar refractivity (Wildman–Crippen MR) is 70.3 cm³/mol. The summed E-state index contributed by atoms with van der Waals surface area (Å²) in [5.74, 6) is -0.0711. The van der Waals surface area contributed by atoms with Crippen LogP contribution < -0.4 is 5.73 Å². The van der Waals surface area contributed by atoms with Crippen LogP contribution in [-0.4, -0.2) is 43.0 Å². The number of nitrogens with two attached hydrogens (primary N) is 1. The summed E-state index contributed by atoms with van der Waals surface area (Å²) in [6.07, 6.45) is -2.53. The number of likely N-dealkylation sites (tertiary alicyclic amines) is 1. The Morgan fingerprint density at radius 2 is 2.00 bits per heavy atom. The van der Waals surface area contributed by atoms with Crippen LogP contribution in [0.25, 0.3) is 0 Å². The SMILES string of the molecule is NC(CC(=O)N1CC(OCC(F)F)C1)c1ccccc1. The Kier molecular flexibility index (Phi) is 5.03. The van der Waals surface area contributed by atoms with E-state index in [9.17, 15) is 13.6 Å². The molecule has 0 aromatic heterocycles. The van der Waals surface area contributed by atoms with E-state index in [0.717, 1.165) is 5.56 Å². The highest BCUT2D eigenvalue weighted by Gasteiger charge is 2.32. The maximum Gasteiger partial charge on any atom is 0.261 e. The van der Waals surface area contributed by atoms with Crippen molar-refractivity contribution in [3.05, 3.63) is 35.9 Å². The molecule has 2 N–H and O–H groups in total. The molecule has 1 aliphatic heterocycles. The number of halogens is 2. The number of nitrogens with zero attached hydrogens (tertiary/aromatic N) is 1. The highest BCUT2D eigenvalue weighted by Crippen LogP contribution is 2.19. The van der Waals surface area contributed by atoms with Gasteiger partial charge in [0.2, 0.25) is 5.91 Å². The zero-order valence-electron chi connectivity index (χ0n) is 11.0. The van der Waals surface area contributed by atoms with Gasteiger partial charge in [0, 0.05) is 25.6 Å². The van der Waals surface area contributed by atoms with Gasteiger partial charge in [0.15, 0.2) is 0 Å². The minimum Gasteiger partial charge on any atom is -0.369 e. The summed E-state index contributed by atoms with van der Waals surface area (Å²) in [5, 5.41) is 0. The predicted octanol–water partition coefficient (Wildman–Crippen LogP) is 1.57. The Labute approximate surface area is 116 Å². The Balaban J connectivity index is 1.72. The third kappa shape index (κ3) is 3.98. The zero-order valence-corrected chi connectivity index (χ0v) is 11.0. The second-order valence-electron chi connectivity index (χ2n) is 4.87. The van der Waals surface area contributed by atoms with Gasteiger partial charge in [0.25, 0.3) is 6.43 Å². The molecule has 1 aromatic rings. The van der Waals surface area contributed by atoms with Crippen LogP contribution in [0.4, 0.5) is 8.78 Å². The van der Waals surface area contributed by atoms with Gasteiger partial charge in [-0.15, -0.1) is 0 Å². The Bertz CT molecular complexity index is 436. The summed E-state index contributed by atoms with van der Waals surface area (Å²) in [4.78, 5) is 13.5. The Morgan fingerprint density at radius 3 is 2.60 bits per heavy atom. The van der Waals surface area contributed by atoms with E-state index >= 15 is 0 Å². The van der Waals surface area contributed by atoms with Gasteiger partial charge < -0.3 is 15.4 Å². The molecule has 4 nitrogen and oxygen atoms in total. The number of hydrogen-bond acceptors (Lipinski definition) is 3. The zero-order chi connectivity index (χ0) is 14.5. The molecular weight excluding hydrogens is 266 g/mol. The van der Waals surface area contributed by atoms with Crippen molar-refractivity contribution >= 4 is 5.91 Å². The highest BCUT2D eigenvalue weighted by molar-refractivity contribution is 5.78. The molecule has 0 saturated carbocycles. The number of rotatable bonds is 6. The molecule has 1 amide bonds. The lowest BCUT2D eigenvalue weighted by Gasteiger charge is -2.39. The smallest absolute Gasteiger partial charge is 0.261 e. The molecule has 1 heterocycles. The standard InChI is InChI=1S/C14H18F2N2O2/c15-13(16)9-20-11-7-18(8-11)14(19)6-12(17)10-4-2-1-3-5-10/h1-5,11-13H,6-9,17H2. The molecule has 1 unspecified atom stereocenters. The molecule has 2 rings (SSSR count). The van der Waals surface area contributed by atoms with Gasteiger partial charge in [0.1, 0.15) is 6.61 Å². The lowest BCUT2D eigenvalue weighted by atomic mass is 10.0. The molecule has 1 atom stereocenters. The molecule has 1 fully saturated rings. The number of carbonyl (C=O) groups excluding carboxylic acids is 1. The Morgan fingerprint density at radius 1 is 1.35 bits per heavy atom. The van der Waals surface area contributed by atoms with Crippen molar-refractivity contribution in [3.63, 3.8) is 0 Å². The first-order valence-corrected chi connectivity index (χ1v) is 6.54. The van der Waals surface area contributed by atoms with Gasteiger partial charge in [-0.2, -0.15) is 0 Å². The largest absolute Gasteiger partial charge is 0.369 e. The van der Waals surface area contributed by atoms with Crippen LogP contribution in [0.5, 0.6) is 0 Å². The Hall–Kier alpha value is -1.53. The second kappa shape index (κ2) is 6.76. The fourth-order valence-corrected chi connectivity index (χ4v) is 2.09. The first-order valence-electron chi connectivity index (χ1n) is 6.54. The molecule has 1 aliphatic rings. The fourth-order valence-electron chi connectivity index (χ4n) is 2.09. The molecular formula is C14H18F2N2O2. The molecule has 1 saturated heterocycles. The van der Waals surface area contributed by atoms with Crippen molar-refractivity contribution < 1.29 is 18.3 Å². The van der Waals surface area contributed by atoms with E-state index < -0.39 is 13.0 Å². The van der Waals surface area contributed by atoms with Crippen LogP contribution in [0.3, 0.4) is 0 Å². The van der Waals surface area contributed by atoms with Crippen molar-refractivity contribution in [2.75, 3.05) is 19.7 Å². The van der Waals surface area contributed by atoms with Crippen LogP contribution in [-0.2, 0) is 9.53 Å². The number of benzene rings is 1. The van der Waals surface area contributed by atoms with E-state index in [1.807, 2.05) is 30.3 Å². The van der Waals surface area contributed by atoms with Gasteiger partial charge in [-0.25, -0.2) is 8.78 Å². The van der Waals surface area contributed by atoms with Crippen LogP contribution >= 0.6 is 0 Å². The maximum absolute atomic E-state index is 11.9. The first-order chi connectivity index (χ1) is 9.56. The molecule has 0 aliphatic carbocycles. The van der Waals surface area contributed by atoms with E-state index in [1.54, 1.807) is 4.90 Å². The van der Waals surface area contributed by atoms with Crippen molar-refractivity contribution in [2.45, 2.75) is 25.0 Å². The average molecular weight is 284 g/mol. The van der Waals surface area contributed by atoms with E-state index in [4.69, 9.17) is 10.5 Å². The van der Waals surface area contributed by atoms with Crippen molar-refractivity contribution in [1.29, 1.82) is 0 Å². The van der Waals surface area contributed by atoms with Gasteiger partial charge in [-0.3, -0.25) is 4.79 Å². The summed E-state index contributed by atoms with van der Waals surface area (Å²) in [7, 11) is 0. The van der Waals surface area contributed by atoms with Crippen LogP contribution in [0, 0.1) is 0 Å². The first kappa shape index (κ1) is 14.9. The summed E-state index contributed by atoms with van der Waals surface area (Å²) in [6.45, 7) is 0.163. The molecule has 1 aromatic carbocycles. The van der Waals surface area contributed by atoms with Crippen molar-refractivity contribution in [2.24, 2.45) is 5.73 Å². The monoisotopic (exact) mass is 284 g/mol. The molecule has 110 valence electrons. The maximum atomic E-state index is 11.9. The summed E-state index contributed by atoms with van der Waals surface area (Å²) in [5.41, 5.74) is 6.88. The molecule has 0 spiro atoms. The van der Waals surface area contributed by atoms with Crippen LogP contribution in [0.1, 0.15) is 18.0 Å². The third-order valence-corrected chi connectivity index (χ3v) is 3.28. The minimum absolute atomic E-state index is 0.0711. The van der Waals surface area contributed by atoms with Crippen molar-refractivity contribution in [1.82, 2.24) is 4.90 Å². The quantitative estimate of drug-likeness (QED) is 0.862. The minimum atomic E-state index is -2.47. The van der Waals surface area contributed by atoms with E-state index in [-0.39, 0.29) is 24.5 Å². The van der Waals surface area contributed by atoms with Crippen LogP contribution in [0.15, 0.2) is 30.3 Å². The van der Waals surface area contributed by atoms with Crippen molar-refractivity contribution in [3.8, 4) is 0 Å². The number of amides is 1. The summed E-state index contributed by atoms with van der Waals surface area (Å²) >= 11 is 0. The van der Waals surface area contributed by atoms with Crippen LogP contribution in [0.2, 0.25) is 0 Å². The number of alkyl halides is 2. The van der Waals surface area contributed by atoms with Gasteiger partial charge >= 0.3 is 0 Å². The molecule has 20 heavy (non-hydrogen) atoms. The number of ether oxygens (including phenoxy) is 1. The fraction of sp³-hybridized carbons (Fsp3) is 0.500. The second-order valence-corrected chi connectivity index (χ2v) is 4.87. The molecule has 0 bridgehead atoms. The number of hydrogen-bond donors (Lipinski definition) is 1. The highest BCUT2D eigenvalue weighted by atomic mass is 19.3. The average Bonchev–Trinajstić information content (AvgIpc) is 2.37. The van der Waals surface area contributed by atoms with E-state index in [1.165, 1.54) is 0 Å². The molecule has 0 radical (unpaired) electrons. The van der Waals surface area contributed by atoms with Gasteiger partial charge in [-0.1, -0.05) is 30.3 Å².